The maximum Gasteiger partial charge on any atom is 0.224 e. The Morgan fingerprint density at radius 3 is 2.83 bits per heavy atom. The fraction of sp³-hybridized carbons (Fsp3) is 0.417. The number of carbonyl (C=O) groups is 2. The first kappa shape index (κ1) is 19.5. The summed E-state index contributed by atoms with van der Waals surface area (Å²) < 4.78 is 5.86. The average Bonchev–Trinajstić information content (AvgIpc) is 3.54. The second-order valence-electron chi connectivity index (χ2n) is 8.06. The summed E-state index contributed by atoms with van der Waals surface area (Å²) in [5.41, 5.74) is 4.41. The first-order chi connectivity index (χ1) is 14.1. The Kier molecular flexibility index (Phi) is 5.84. The van der Waals surface area contributed by atoms with Crippen molar-refractivity contribution in [1.29, 1.82) is 0 Å². The van der Waals surface area contributed by atoms with E-state index in [-0.39, 0.29) is 11.8 Å². The minimum absolute atomic E-state index is 0.0653. The molecule has 2 aromatic carbocycles. The molecule has 5 heteroatoms. The Balaban J connectivity index is 1.26. The average molecular weight is 392 g/mol. The van der Waals surface area contributed by atoms with Crippen molar-refractivity contribution >= 4 is 17.5 Å². The van der Waals surface area contributed by atoms with E-state index in [9.17, 15) is 9.59 Å². The van der Waals surface area contributed by atoms with Gasteiger partial charge < -0.3 is 15.0 Å². The van der Waals surface area contributed by atoms with Gasteiger partial charge in [-0.2, -0.15) is 0 Å². The molecule has 152 valence electrons. The summed E-state index contributed by atoms with van der Waals surface area (Å²) in [4.78, 5) is 26.3. The normalized spacial score (nSPS) is 15.4. The van der Waals surface area contributed by atoms with Gasteiger partial charge in [0.2, 0.25) is 11.8 Å². The van der Waals surface area contributed by atoms with Gasteiger partial charge in [-0.05, 0) is 61.9 Å². The fourth-order valence-electron chi connectivity index (χ4n) is 3.82. The molecule has 0 spiro atoms. The highest BCUT2D eigenvalue weighted by Gasteiger charge is 2.32. The van der Waals surface area contributed by atoms with Gasteiger partial charge in [-0.1, -0.05) is 29.8 Å². The molecule has 1 N–H and O–H groups in total. The van der Waals surface area contributed by atoms with E-state index in [1.54, 1.807) is 0 Å². The Hall–Kier alpha value is -2.82. The Morgan fingerprint density at radius 2 is 2.03 bits per heavy atom. The van der Waals surface area contributed by atoms with E-state index in [2.05, 4.69) is 36.5 Å². The molecule has 1 fully saturated rings. The first-order valence-electron chi connectivity index (χ1n) is 10.5. The molecule has 0 radical (unpaired) electrons. The number of aryl methyl sites for hydroxylation is 2. The van der Waals surface area contributed by atoms with Crippen LogP contribution in [0.5, 0.6) is 5.75 Å². The van der Waals surface area contributed by atoms with E-state index in [1.807, 2.05) is 23.1 Å². The molecule has 0 saturated heterocycles. The third-order valence-electron chi connectivity index (χ3n) is 5.52. The molecule has 2 aliphatic rings. The van der Waals surface area contributed by atoms with Crippen molar-refractivity contribution in [2.45, 2.75) is 58.0 Å². The van der Waals surface area contributed by atoms with Crippen LogP contribution >= 0.6 is 0 Å². The van der Waals surface area contributed by atoms with E-state index in [4.69, 9.17) is 4.74 Å². The van der Waals surface area contributed by atoms with Gasteiger partial charge in [0, 0.05) is 31.1 Å². The van der Waals surface area contributed by atoms with Crippen LogP contribution in [-0.4, -0.2) is 29.4 Å². The molecule has 2 aromatic rings. The molecule has 1 saturated carbocycles. The van der Waals surface area contributed by atoms with Crippen LogP contribution in [0.4, 0.5) is 5.69 Å². The van der Waals surface area contributed by atoms with Crippen molar-refractivity contribution in [3.63, 3.8) is 0 Å². The summed E-state index contributed by atoms with van der Waals surface area (Å²) in [6.45, 7) is 3.29. The highest BCUT2D eigenvalue weighted by molar-refractivity contribution is 5.94. The Bertz CT molecular complexity index is 905. The summed E-state index contributed by atoms with van der Waals surface area (Å²) in [5, 5.41) is 2.88. The van der Waals surface area contributed by atoms with Crippen molar-refractivity contribution in [3.8, 4) is 5.75 Å². The SMILES string of the molecule is Cc1cccc(CN(C(=O)CCCOc2ccc3c(c2)CCC(=O)N3)C2CC2)c1. The minimum Gasteiger partial charge on any atom is -0.494 e. The second kappa shape index (κ2) is 8.68. The number of hydrogen-bond acceptors (Lipinski definition) is 3. The highest BCUT2D eigenvalue weighted by Crippen LogP contribution is 2.30. The van der Waals surface area contributed by atoms with Gasteiger partial charge in [0.25, 0.3) is 0 Å². The number of rotatable bonds is 8. The summed E-state index contributed by atoms with van der Waals surface area (Å²) in [5.74, 6) is 1.08. The monoisotopic (exact) mass is 392 g/mol. The zero-order valence-corrected chi connectivity index (χ0v) is 16.9. The van der Waals surface area contributed by atoms with Gasteiger partial charge >= 0.3 is 0 Å². The van der Waals surface area contributed by atoms with Crippen molar-refractivity contribution in [1.82, 2.24) is 4.90 Å². The lowest BCUT2D eigenvalue weighted by Gasteiger charge is -2.23. The van der Waals surface area contributed by atoms with Gasteiger partial charge in [-0.15, -0.1) is 0 Å². The van der Waals surface area contributed by atoms with Crippen LogP contribution in [0.25, 0.3) is 0 Å². The van der Waals surface area contributed by atoms with Crippen LogP contribution in [0.1, 0.15) is 48.8 Å². The van der Waals surface area contributed by atoms with Gasteiger partial charge in [0.05, 0.1) is 6.61 Å². The summed E-state index contributed by atoms with van der Waals surface area (Å²) in [6, 6.07) is 14.5. The fourth-order valence-corrected chi connectivity index (χ4v) is 3.82. The minimum atomic E-state index is 0.0653. The molecule has 29 heavy (non-hydrogen) atoms. The summed E-state index contributed by atoms with van der Waals surface area (Å²) in [7, 11) is 0. The van der Waals surface area contributed by atoms with Gasteiger partial charge in [0.1, 0.15) is 5.75 Å². The molecule has 0 unspecified atom stereocenters. The van der Waals surface area contributed by atoms with Gasteiger partial charge in [-0.3, -0.25) is 9.59 Å². The zero-order chi connectivity index (χ0) is 20.2. The molecule has 1 aliphatic carbocycles. The van der Waals surface area contributed by atoms with E-state index >= 15 is 0 Å². The number of benzene rings is 2. The molecule has 0 aromatic heterocycles. The van der Waals surface area contributed by atoms with Gasteiger partial charge in [-0.25, -0.2) is 0 Å². The maximum absolute atomic E-state index is 12.8. The number of nitrogens with one attached hydrogen (secondary N) is 1. The quantitative estimate of drug-likeness (QED) is 0.684. The molecule has 5 nitrogen and oxygen atoms in total. The molecular weight excluding hydrogens is 364 g/mol. The number of fused-ring (bicyclic) bond motifs is 1. The molecule has 1 heterocycles. The summed E-state index contributed by atoms with van der Waals surface area (Å²) >= 11 is 0. The third-order valence-corrected chi connectivity index (χ3v) is 5.52. The molecular formula is C24H28N2O3. The van der Waals surface area contributed by atoms with Crippen molar-refractivity contribution in [2.24, 2.45) is 0 Å². The van der Waals surface area contributed by atoms with Crippen LogP contribution in [0, 0.1) is 6.92 Å². The first-order valence-corrected chi connectivity index (χ1v) is 10.5. The van der Waals surface area contributed by atoms with Crippen molar-refractivity contribution in [2.75, 3.05) is 11.9 Å². The molecule has 0 atom stereocenters. The number of amides is 2. The van der Waals surface area contributed by atoms with Crippen molar-refractivity contribution in [3.05, 3.63) is 59.2 Å². The van der Waals surface area contributed by atoms with Crippen LogP contribution in [0.3, 0.4) is 0 Å². The number of hydrogen-bond donors (Lipinski definition) is 1. The van der Waals surface area contributed by atoms with Gasteiger partial charge in [0.15, 0.2) is 0 Å². The molecule has 1 aliphatic heterocycles. The predicted molar refractivity (Wildman–Crippen MR) is 113 cm³/mol. The Morgan fingerprint density at radius 1 is 1.17 bits per heavy atom. The lowest BCUT2D eigenvalue weighted by Crippen LogP contribution is -2.32. The number of anilines is 1. The third kappa shape index (κ3) is 5.17. The number of nitrogens with zero attached hydrogens (tertiary/aromatic N) is 1. The molecule has 2 amide bonds. The summed E-state index contributed by atoms with van der Waals surface area (Å²) in [6.07, 6.45) is 4.68. The highest BCUT2D eigenvalue weighted by atomic mass is 16.5. The van der Waals surface area contributed by atoms with E-state index in [0.717, 1.165) is 36.3 Å². The van der Waals surface area contributed by atoms with E-state index in [1.165, 1.54) is 11.1 Å². The van der Waals surface area contributed by atoms with E-state index in [0.29, 0.717) is 38.5 Å². The topological polar surface area (TPSA) is 58.6 Å². The molecule has 0 bridgehead atoms. The Labute approximate surface area is 172 Å². The van der Waals surface area contributed by atoms with E-state index < -0.39 is 0 Å². The second-order valence-corrected chi connectivity index (χ2v) is 8.06. The zero-order valence-electron chi connectivity index (χ0n) is 16.9. The predicted octanol–water partition coefficient (Wildman–Crippen LogP) is 4.23. The smallest absolute Gasteiger partial charge is 0.224 e. The van der Waals surface area contributed by atoms with Crippen LogP contribution in [0.2, 0.25) is 0 Å². The van der Waals surface area contributed by atoms with Crippen LogP contribution in [0.15, 0.2) is 42.5 Å². The maximum atomic E-state index is 12.8. The number of carbonyl (C=O) groups excluding carboxylic acids is 2. The largest absolute Gasteiger partial charge is 0.494 e. The van der Waals surface area contributed by atoms with Crippen molar-refractivity contribution < 1.29 is 14.3 Å². The number of ether oxygens (including phenoxy) is 1. The van der Waals surface area contributed by atoms with Crippen LogP contribution < -0.4 is 10.1 Å². The standard InChI is InChI=1S/C24H28N2O3/c1-17-4-2-5-18(14-17)16-26(20-8-9-20)24(28)6-3-13-29-21-10-11-22-19(15-21)7-12-23(27)25-22/h2,4-5,10-11,14-15,20H,3,6-9,12-13,16H2,1H3,(H,25,27). The molecule has 4 rings (SSSR count). The van der Waals surface area contributed by atoms with Crippen LogP contribution in [-0.2, 0) is 22.6 Å². The lowest BCUT2D eigenvalue weighted by molar-refractivity contribution is -0.132. The lowest BCUT2D eigenvalue weighted by atomic mass is 10.0.